The summed E-state index contributed by atoms with van der Waals surface area (Å²) in [5, 5.41) is 5.33. The van der Waals surface area contributed by atoms with E-state index in [0.29, 0.717) is 23.4 Å². The summed E-state index contributed by atoms with van der Waals surface area (Å²) in [7, 11) is 0. The maximum Gasteiger partial charge on any atom is 0.227 e. The first-order valence-corrected chi connectivity index (χ1v) is 8.47. The van der Waals surface area contributed by atoms with E-state index in [1.807, 2.05) is 5.38 Å². The molecular formula is C16H19ClN2OS. The SMILES string of the molecule is CC[C@H](C)c1ccc(-c2csc(NC(=O)CCCl)n2)cc1. The zero-order valence-electron chi connectivity index (χ0n) is 12.2. The molecule has 0 fully saturated rings. The Bertz CT molecular complexity index is 595. The Balaban J connectivity index is 2.08. The third kappa shape index (κ3) is 4.29. The highest BCUT2D eigenvalue weighted by Crippen LogP contribution is 2.27. The maximum atomic E-state index is 11.5. The van der Waals surface area contributed by atoms with Crippen molar-refractivity contribution in [1.29, 1.82) is 0 Å². The molecule has 0 unspecified atom stereocenters. The van der Waals surface area contributed by atoms with Crippen molar-refractivity contribution in [2.24, 2.45) is 0 Å². The van der Waals surface area contributed by atoms with Gasteiger partial charge in [-0.3, -0.25) is 4.79 Å². The van der Waals surface area contributed by atoms with E-state index in [0.717, 1.165) is 17.7 Å². The highest BCUT2D eigenvalue weighted by atomic mass is 35.5. The molecule has 1 aromatic heterocycles. The van der Waals surface area contributed by atoms with Crippen LogP contribution in [0.5, 0.6) is 0 Å². The van der Waals surface area contributed by atoms with Gasteiger partial charge in [-0.05, 0) is 17.9 Å². The molecule has 0 aliphatic carbocycles. The van der Waals surface area contributed by atoms with E-state index in [4.69, 9.17) is 11.6 Å². The predicted molar refractivity (Wildman–Crippen MR) is 90.2 cm³/mol. The summed E-state index contributed by atoms with van der Waals surface area (Å²) in [5.74, 6) is 0.791. The fraction of sp³-hybridized carbons (Fsp3) is 0.375. The van der Waals surface area contributed by atoms with E-state index in [9.17, 15) is 4.79 Å². The molecule has 1 aromatic carbocycles. The van der Waals surface area contributed by atoms with Gasteiger partial charge in [0.2, 0.25) is 5.91 Å². The van der Waals surface area contributed by atoms with Crippen LogP contribution in [0.2, 0.25) is 0 Å². The summed E-state index contributed by atoms with van der Waals surface area (Å²) in [6, 6.07) is 8.46. The Kier molecular flexibility index (Phi) is 5.76. The number of nitrogens with one attached hydrogen (secondary N) is 1. The van der Waals surface area contributed by atoms with Crippen molar-refractivity contribution in [2.75, 3.05) is 11.2 Å². The Labute approximate surface area is 134 Å². The van der Waals surface area contributed by atoms with Gasteiger partial charge in [0.1, 0.15) is 0 Å². The molecule has 2 aromatic rings. The number of hydrogen-bond donors (Lipinski definition) is 1. The molecule has 0 radical (unpaired) electrons. The van der Waals surface area contributed by atoms with Gasteiger partial charge >= 0.3 is 0 Å². The number of rotatable bonds is 6. The second kappa shape index (κ2) is 7.57. The molecule has 0 saturated carbocycles. The summed E-state index contributed by atoms with van der Waals surface area (Å²) < 4.78 is 0. The molecule has 3 nitrogen and oxygen atoms in total. The van der Waals surface area contributed by atoms with E-state index < -0.39 is 0 Å². The second-order valence-electron chi connectivity index (χ2n) is 4.96. The molecular weight excluding hydrogens is 304 g/mol. The van der Waals surface area contributed by atoms with Crippen molar-refractivity contribution in [1.82, 2.24) is 4.98 Å². The van der Waals surface area contributed by atoms with Crippen molar-refractivity contribution in [3.05, 3.63) is 35.2 Å². The van der Waals surface area contributed by atoms with Crippen LogP contribution in [-0.4, -0.2) is 16.8 Å². The fourth-order valence-corrected chi connectivity index (χ4v) is 2.86. The molecule has 0 bridgehead atoms. The third-order valence-corrected chi connectivity index (χ3v) is 4.41. The number of anilines is 1. The van der Waals surface area contributed by atoms with Gasteiger partial charge < -0.3 is 5.32 Å². The minimum Gasteiger partial charge on any atom is -0.302 e. The molecule has 0 saturated heterocycles. The molecule has 1 amide bonds. The zero-order chi connectivity index (χ0) is 15.2. The smallest absolute Gasteiger partial charge is 0.227 e. The van der Waals surface area contributed by atoms with E-state index in [2.05, 4.69) is 48.4 Å². The first kappa shape index (κ1) is 16.0. The lowest BCUT2D eigenvalue weighted by molar-refractivity contribution is -0.115. The van der Waals surface area contributed by atoms with Crippen LogP contribution in [0.4, 0.5) is 5.13 Å². The minimum atomic E-state index is -0.0991. The van der Waals surface area contributed by atoms with Crippen LogP contribution >= 0.6 is 22.9 Å². The molecule has 5 heteroatoms. The number of aromatic nitrogens is 1. The van der Waals surface area contributed by atoms with E-state index in [-0.39, 0.29) is 5.91 Å². The third-order valence-electron chi connectivity index (χ3n) is 3.46. The maximum absolute atomic E-state index is 11.5. The van der Waals surface area contributed by atoms with Gasteiger partial charge in [-0.15, -0.1) is 22.9 Å². The Morgan fingerprint density at radius 2 is 2.10 bits per heavy atom. The van der Waals surface area contributed by atoms with Crippen molar-refractivity contribution in [3.63, 3.8) is 0 Å². The van der Waals surface area contributed by atoms with Gasteiger partial charge in [-0.1, -0.05) is 38.1 Å². The number of carbonyl (C=O) groups is 1. The predicted octanol–water partition coefficient (Wildman–Crippen LogP) is 4.89. The van der Waals surface area contributed by atoms with Crippen LogP contribution in [0.1, 0.15) is 38.2 Å². The summed E-state index contributed by atoms with van der Waals surface area (Å²) in [4.78, 5) is 15.9. The number of thiazole rings is 1. The lowest BCUT2D eigenvalue weighted by Crippen LogP contribution is -2.11. The zero-order valence-corrected chi connectivity index (χ0v) is 13.8. The van der Waals surface area contributed by atoms with Crippen molar-refractivity contribution < 1.29 is 4.79 Å². The Morgan fingerprint density at radius 1 is 1.38 bits per heavy atom. The van der Waals surface area contributed by atoms with Crippen molar-refractivity contribution in [2.45, 2.75) is 32.6 Å². The van der Waals surface area contributed by atoms with Gasteiger partial charge in [-0.2, -0.15) is 0 Å². The largest absolute Gasteiger partial charge is 0.302 e. The highest BCUT2D eigenvalue weighted by Gasteiger charge is 2.08. The molecule has 0 aliphatic rings. The molecule has 112 valence electrons. The molecule has 1 atom stereocenters. The second-order valence-corrected chi connectivity index (χ2v) is 6.19. The van der Waals surface area contributed by atoms with E-state index in [1.165, 1.54) is 16.9 Å². The number of hydrogen-bond acceptors (Lipinski definition) is 3. The molecule has 0 aliphatic heterocycles. The number of benzene rings is 1. The number of amides is 1. The molecule has 21 heavy (non-hydrogen) atoms. The molecule has 0 spiro atoms. The number of nitrogens with zero attached hydrogens (tertiary/aromatic N) is 1. The van der Waals surface area contributed by atoms with Gasteiger partial charge in [0.05, 0.1) is 5.69 Å². The quantitative estimate of drug-likeness (QED) is 0.769. The van der Waals surface area contributed by atoms with Crippen LogP contribution in [0, 0.1) is 0 Å². The first-order valence-electron chi connectivity index (χ1n) is 7.05. The summed E-state index contributed by atoms with van der Waals surface area (Å²) in [5.41, 5.74) is 3.29. The van der Waals surface area contributed by atoms with Gasteiger partial charge in [0.25, 0.3) is 0 Å². The first-order chi connectivity index (χ1) is 10.1. The van der Waals surface area contributed by atoms with Crippen LogP contribution in [0.15, 0.2) is 29.6 Å². The number of alkyl halides is 1. The summed E-state index contributed by atoms with van der Waals surface area (Å²) in [6.07, 6.45) is 1.44. The molecule has 1 N–H and O–H groups in total. The highest BCUT2D eigenvalue weighted by molar-refractivity contribution is 7.14. The van der Waals surface area contributed by atoms with Gasteiger partial charge in [-0.25, -0.2) is 4.98 Å². The summed E-state index contributed by atoms with van der Waals surface area (Å²) >= 11 is 6.97. The van der Waals surface area contributed by atoms with Crippen molar-refractivity contribution in [3.8, 4) is 11.3 Å². The topological polar surface area (TPSA) is 42.0 Å². The minimum absolute atomic E-state index is 0.0991. The molecule has 1 heterocycles. The van der Waals surface area contributed by atoms with Crippen molar-refractivity contribution >= 4 is 34.0 Å². The average molecular weight is 323 g/mol. The monoisotopic (exact) mass is 322 g/mol. The van der Waals surface area contributed by atoms with E-state index in [1.54, 1.807) is 0 Å². The Morgan fingerprint density at radius 3 is 2.71 bits per heavy atom. The lowest BCUT2D eigenvalue weighted by atomic mass is 9.97. The van der Waals surface area contributed by atoms with Crippen LogP contribution in [0.3, 0.4) is 0 Å². The van der Waals surface area contributed by atoms with Crippen LogP contribution < -0.4 is 5.32 Å². The molecule has 2 rings (SSSR count). The van der Waals surface area contributed by atoms with Gasteiger partial charge in [0, 0.05) is 23.2 Å². The van der Waals surface area contributed by atoms with Crippen LogP contribution in [0.25, 0.3) is 11.3 Å². The van der Waals surface area contributed by atoms with Crippen LogP contribution in [-0.2, 0) is 4.79 Å². The van der Waals surface area contributed by atoms with E-state index >= 15 is 0 Å². The lowest BCUT2D eigenvalue weighted by Gasteiger charge is -2.08. The number of carbonyl (C=O) groups excluding carboxylic acids is 1. The van der Waals surface area contributed by atoms with Gasteiger partial charge in [0.15, 0.2) is 5.13 Å². The summed E-state index contributed by atoms with van der Waals surface area (Å²) in [6.45, 7) is 4.41. The average Bonchev–Trinajstić information content (AvgIpc) is 2.95. The standard InChI is InChI=1S/C16H19ClN2OS/c1-3-11(2)12-4-6-13(7-5-12)14-10-21-16(18-14)19-15(20)8-9-17/h4-7,10-11H,3,8-9H2,1-2H3,(H,18,19,20)/t11-/m0/s1. The Hall–Kier alpha value is -1.39. The normalized spacial score (nSPS) is 12.1. The fourth-order valence-electron chi connectivity index (χ4n) is 1.95. The number of halogens is 1.